The number of nitrogens with one attached hydrogen (secondary N) is 1. The topological polar surface area (TPSA) is 110 Å². The Balaban J connectivity index is 1.40. The number of ether oxygens (including phenoxy) is 1. The second-order valence-electron chi connectivity index (χ2n) is 7.95. The molecule has 0 aliphatic carbocycles. The van der Waals surface area contributed by atoms with Crippen molar-refractivity contribution in [1.82, 2.24) is 19.9 Å². The van der Waals surface area contributed by atoms with Gasteiger partial charge in [0.05, 0.1) is 35.0 Å². The number of alkyl halides is 3. The second-order valence-corrected chi connectivity index (χ2v) is 9.42. The molecule has 0 radical (unpaired) electrons. The third-order valence-corrected chi connectivity index (χ3v) is 6.87. The minimum Gasteiger partial charge on any atom is -0.378 e. The van der Waals surface area contributed by atoms with Crippen molar-refractivity contribution in [2.75, 3.05) is 36.5 Å². The van der Waals surface area contributed by atoms with Crippen molar-refractivity contribution in [2.24, 2.45) is 0 Å². The molecule has 9 nitrogen and oxygen atoms in total. The van der Waals surface area contributed by atoms with Crippen molar-refractivity contribution < 1.29 is 27.5 Å². The fourth-order valence-corrected chi connectivity index (χ4v) is 4.53. The molecule has 1 fully saturated rings. The monoisotopic (exact) mass is 540 g/mol. The summed E-state index contributed by atoms with van der Waals surface area (Å²) in [4.78, 5) is 43.8. The summed E-state index contributed by atoms with van der Waals surface area (Å²) in [6.07, 6.45) is -1.11. The molecule has 4 heterocycles. The smallest absolute Gasteiger partial charge is 0.378 e. The Kier molecular flexibility index (Phi) is 7.81. The fourth-order valence-electron chi connectivity index (χ4n) is 3.46. The van der Waals surface area contributed by atoms with Crippen LogP contribution in [0.15, 0.2) is 30.9 Å². The first-order valence-corrected chi connectivity index (χ1v) is 12.0. The SMILES string of the molecule is C[C@H](CC(=O)c1cc(N2CCOCC2)ncn1)c1ncc(C(=O)Nc2cc(C(F)(F)F)c(Cl)cn2)s1. The van der Waals surface area contributed by atoms with E-state index in [0.29, 0.717) is 43.2 Å². The van der Waals surface area contributed by atoms with Crippen LogP contribution in [0.1, 0.15) is 50.0 Å². The first-order valence-electron chi connectivity index (χ1n) is 10.8. The minimum atomic E-state index is -4.69. The summed E-state index contributed by atoms with van der Waals surface area (Å²) in [5.74, 6) is -0.843. The number of aromatic nitrogens is 4. The summed E-state index contributed by atoms with van der Waals surface area (Å²) < 4.78 is 44.5. The number of ketones is 1. The summed E-state index contributed by atoms with van der Waals surface area (Å²) in [6, 6.07) is 2.31. The lowest BCUT2D eigenvalue weighted by molar-refractivity contribution is -0.137. The van der Waals surface area contributed by atoms with E-state index in [1.807, 2.05) is 4.90 Å². The number of hydrogen-bond donors (Lipinski definition) is 1. The summed E-state index contributed by atoms with van der Waals surface area (Å²) in [6.45, 7) is 4.31. The Morgan fingerprint density at radius 3 is 2.64 bits per heavy atom. The van der Waals surface area contributed by atoms with E-state index in [4.69, 9.17) is 16.3 Å². The summed E-state index contributed by atoms with van der Waals surface area (Å²) in [5, 5.41) is 2.27. The predicted molar refractivity (Wildman–Crippen MR) is 127 cm³/mol. The number of carbonyl (C=O) groups is 2. The number of pyridine rings is 1. The molecule has 0 bridgehead atoms. The van der Waals surface area contributed by atoms with Gasteiger partial charge in [-0.3, -0.25) is 9.59 Å². The van der Waals surface area contributed by atoms with Crippen LogP contribution in [0.5, 0.6) is 0 Å². The average molecular weight is 541 g/mol. The van der Waals surface area contributed by atoms with Crippen LogP contribution >= 0.6 is 22.9 Å². The first-order chi connectivity index (χ1) is 17.1. The second kappa shape index (κ2) is 10.8. The standard InChI is InChI=1S/C22H20ClF3N6O3S/c1-12(6-16(33)15-8-19(30-11-29-15)32-2-4-35-5-3-32)21-28-10-17(36-21)20(34)31-18-7-13(22(24,25)26)14(23)9-27-18/h7-12H,2-6H2,1H3,(H,27,31,34)/t12-/m1/s1. The lowest BCUT2D eigenvalue weighted by atomic mass is 10.0. The number of rotatable bonds is 7. The Hall–Kier alpha value is -3.16. The van der Waals surface area contributed by atoms with Gasteiger partial charge in [-0.1, -0.05) is 18.5 Å². The summed E-state index contributed by atoms with van der Waals surface area (Å²) in [7, 11) is 0. The Morgan fingerprint density at radius 1 is 1.17 bits per heavy atom. The van der Waals surface area contributed by atoms with E-state index in [2.05, 4.69) is 25.3 Å². The average Bonchev–Trinajstić information content (AvgIpc) is 3.36. The molecule has 0 saturated carbocycles. The molecule has 1 amide bonds. The highest BCUT2D eigenvalue weighted by atomic mass is 35.5. The van der Waals surface area contributed by atoms with Crippen LogP contribution < -0.4 is 10.2 Å². The van der Waals surface area contributed by atoms with Gasteiger partial charge in [-0.15, -0.1) is 11.3 Å². The number of hydrogen-bond acceptors (Lipinski definition) is 9. The van der Waals surface area contributed by atoms with Crippen molar-refractivity contribution >= 4 is 46.3 Å². The van der Waals surface area contributed by atoms with Crippen molar-refractivity contribution in [1.29, 1.82) is 0 Å². The molecule has 1 saturated heterocycles. The van der Waals surface area contributed by atoms with Gasteiger partial charge >= 0.3 is 6.18 Å². The van der Waals surface area contributed by atoms with Crippen LogP contribution in [0, 0.1) is 0 Å². The molecule has 14 heteroatoms. The quantitative estimate of drug-likeness (QED) is 0.437. The van der Waals surface area contributed by atoms with Gasteiger partial charge in [0, 0.05) is 37.7 Å². The van der Waals surface area contributed by atoms with Crippen LogP contribution in [-0.4, -0.2) is 57.9 Å². The summed E-state index contributed by atoms with van der Waals surface area (Å²) >= 11 is 6.60. The maximum absolute atomic E-state index is 13.0. The highest BCUT2D eigenvalue weighted by Crippen LogP contribution is 2.35. The normalized spacial score (nSPS) is 15.0. The van der Waals surface area contributed by atoms with E-state index in [1.165, 1.54) is 12.5 Å². The largest absolute Gasteiger partial charge is 0.418 e. The van der Waals surface area contributed by atoms with E-state index >= 15 is 0 Å². The Morgan fingerprint density at radius 2 is 1.92 bits per heavy atom. The van der Waals surface area contributed by atoms with Crippen LogP contribution in [0.2, 0.25) is 5.02 Å². The van der Waals surface area contributed by atoms with Gasteiger partial charge in [0.15, 0.2) is 5.78 Å². The maximum Gasteiger partial charge on any atom is 0.418 e. The van der Waals surface area contributed by atoms with Gasteiger partial charge in [-0.25, -0.2) is 19.9 Å². The highest BCUT2D eigenvalue weighted by molar-refractivity contribution is 7.13. The van der Waals surface area contributed by atoms with Crippen LogP contribution in [0.25, 0.3) is 0 Å². The molecule has 1 aliphatic rings. The Labute approximate surface area is 212 Å². The van der Waals surface area contributed by atoms with E-state index in [9.17, 15) is 22.8 Å². The third kappa shape index (κ3) is 6.15. The number of anilines is 2. The number of morpholine rings is 1. The lowest BCUT2D eigenvalue weighted by Gasteiger charge is -2.27. The summed E-state index contributed by atoms with van der Waals surface area (Å²) in [5.41, 5.74) is -0.824. The molecule has 3 aromatic heterocycles. The van der Waals surface area contributed by atoms with Gasteiger partial charge in [0.1, 0.15) is 28.5 Å². The molecule has 190 valence electrons. The molecule has 0 unspecified atom stereocenters. The van der Waals surface area contributed by atoms with Crippen LogP contribution in [0.3, 0.4) is 0 Å². The zero-order valence-electron chi connectivity index (χ0n) is 18.9. The number of thiazole rings is 1. The molecule has 3 aromatic rings. The number of nitrogens with zero attached hydrogens (tertiary/aromatic N) is 5. The molecule has 1 atom stereocenters. The molecule has 0 spiro atoms. The van der Waals surface area contributed by atoms with Crippen molar-refractivity contribution in [3.8, 4) is 0 Å². The molecule has 1 aliphatic heterocycles. The number of carbonyl (C=O) groups excluding carboxylic acids is 2. The van der Waals surface area contributed by atoms with Crippen LogP contribution in [0.4, 0.5) is 24.8 Å². The van der Waals surface area contributed by atoms with E-state index in [1.54, 1.807) is 13.0 Å². The van der Waals surface area contributed by atoms with Crippen molar-refractivity contribution in [3.05, 3.63) is 57.0 Å². The lowest BCUT2D eigenvalue weighted by Crippen LogP contribution is -2.36. The highest BCUT2D eigenvalue weighted by Gasteiger charge is 2.34. The van der Waals surface area contributed by atoms with Crippen LogP contribution in [-0.2, 0) is 10.9 Å². The van der Waals surface area contributed by atoms with Gasteiger partial charge in [-0.05, 0) is 6.07 Å². The van der Waals surface area contributed by atoms with Gasteiger partial charge in [-0.2, -0.15) is 13.2 Å². The molecule has 1 N–H and O–H groups in total. The predicted octanol–water partition coefficient (Wildman–Crippen LogP) is 4.47. The first kappa shape index (κ1) is 25.9. The van der Waals surface area contributed by atoms with Crippen molar-refractivity contribution in [2.45, 2.75) is 25.4 Å². The molecular formula is C22H20ClF3N6O3S. The fraction of sp³-hybridized carbons (Fsp3) is 0.364. The zero-order chi connectivity index (χ0) is 25.9. The zero-order valence-corrected chi connectivity index (χ0v) is 20.5. The Bertz CT molecular complexity index is 1270. The van der Waals surface area contributed by atoms with Gasteiger partial charge < -0.3 is 15.0 Å². The molecule has 0 aromatic carbocycles. The maximum atomic E-state index is 13.0. The van der Waals surface area contributed by atoms with E-state index in [0.717, 1.165) is 17.5 Å². The van der Waals surface area contributed by atoms with Crippen molar-refractivity contribution in [3.63, 3.8) is 0 Å². The molecule has 36 heavy (non-hydrogen) atoms. The number of Topliss-reactive ketones (excluding diaryl/α,β-unsaturated/α-hetero) is 1. The third-order valence-electron chi connectivity index (χ3n) is 5.34. The number of amides is 1. The van der Waals surface area contributed by atoms with E-state index < -0.39 is 22.7 Å². The van der Waals surface area contributed by atoms with E-state index in [-0.39, 0.29) is 34.5 Å². The molecule has 4 rings (SSSR count). The molecular weight excluding hydrogens is 521 g/mol. The number of halogens is 4. The van der Waals surface area contributed by atoms with Gasteiger partial charge in [0.2, 0.25) is 0 Å². The minimum absolute atomic E-state index is 0.0990. The van der Waals surface area contributed by atoms with Gasteiger partial charge in [0.25, 0.3) is 5.91 Å².